The minimum Gasteiger partial charge on any atom is -0.374 e. The molecule has 0 atom stereocenters. The van der Waals surface area contributed by atoms with Gasteiger partial charge >= 0.3 is 12.4 Å². The van der Waals surface area contributed by atoms with Crippen LogP contribution in [0.15, 0.2) is 47.3 Å². The summed E-state index contributed by atoms with van der Waals surface area (Å²) in [6.45, 7) is 0.985. The van der Waals surface area contributed by atoms with E-state index in [1.807, 2.05) is 0 Å². The van der Waals surface area contributed by atoms with Crippen molar-refractivity contribution in [2.75, 3.05) is 0 Å². The van der Waals surface area contributed by atoms with Crippen LogP contribution < -0.4 is 10.9 Å². The van der Waals surface area contributed by atoms with Crippen LogP contribution in [0.5, 0.6) is 0 Å². The van der Waals surface area contributed by atoms with Gasteiger partial charge in [0.05, 0.1) is 29.4 Å². The fourth-order valence-electron chi connectivity index (χ4n) is 4.79. The molecule has 0 aliphatic heterocycles. The molecule has 2 N–H and O–H groups in total. The molecule has 1 amide bonds. The highest BCUT2D eigenvalue weighted by Gasteiger charge is 2.37. The molecule has 0 spiro atoms. The van der Waals surface area contributed by atoms with E-state index in [1.54, 1.807) is 0 Å². The van der Waals surface area contributed by atoms with Crippen molar-refractivity contribution in [1.29, 1.82) is 0 Å². The number of carbonyl (C=O) groups is 1. The summed E-state index contributed by atoms with van der Waals surface area (Å²) in [6, 6.07) is 7.50. The van der Waals surface area contributed by atoms with Crippen molar-refractivity contribution < 1.29 is 40.3 Å². The Morgan fingerprint density at radius 1 is 1.02 bits per heavy atom. The summed E-state index contributed by atoms with van der Waals surface area (Å²) in [5.74, 6) is -2.70. The normalized spacial score (nSPS) is 17.9. The lowest BCUT2D eigenvalue weighted by atomic mass is 9.86. The molecule has 0 unspecified atom stereocenters. The maximum atomic E-state index is 15.4. The summed E-state index contributed by atoms with van der Waals surface area (Å²) in [4.78, 5) is 30.6. The Labute approximate surface area is 230 Å². The maximum absolute atomic E-state index is 15.4. The second-order valence-electron chi connectivity index (χ2n) is 9.89. The van der Waals surface area contributed by atoms with Gasteiger partial charge in [-0.3, -0.25) is 9.59 Å². The zero-order valence-electron chi connectivity index (χ0n) is 21.8. The van der Waals surface area contributed by atoms with E-state index in [2.05, 4.69) is 15.3 Å². The highest BCUT2D eigenvalue weighted by atomic mass is 19.4. The van der Waals surface area contributed by atoms with Crippen molar-refractivity contribution in [1.82, 2.24) is 15.3 Å². The first-order valence-corrected chi connectivity index (χ1v) is 12.7. The number of H-pyrrole nitrogens is 1. The third kappa shape index (κ3) is 7.51. The average molecular weight is 586 g/mol. The second kappa shape index (κ2) is 12.0. The van der Waals surface area contributed by atoms with Gasteiger partial charge in [0.25, 0.3) is 5.56 Å². The van der Waals surface area contributed by atoms with Crippen LogP contribution in [0.2, 0.25) is 0 Å². The second-order valence-corrected chi connectivity index (χ2v) is 9.89. The van der Waals surface area contributed by atoms with E-state index in [4.69, 9.17) is 4.74 Å². The monoisotopic (exact) mass is 585 g/mol. The average Bonchev–Trinajstić information content (AvgIpc) is 2.89. The third-order valence-electron chi connectivity index (χ3n) is 6.87. The molecular formula is C28H26F7N3O3. The summed E-state index contributed by atoms with van der Waals surface area (Å²) >= 11 is 0. The fraction of sp³-hybridized carbons (Fsp3) is 0.393. The molecule has 2 aromatic carbocycles. The highest BCUT2D eigenvalue weighted by molar-refractivity contribution is 5.78. The van der Waals surface area contributed by atoms with Crippen LogP contribution in [-0.4, -0.2) is 22.0 Å². The number of hydrogen-bond donors (Lipinski definition) is 2. The number of nitrogens with one attached hydrogen (secondary N) is 2. The van der Waals surface area contributed by atoms with Crippen molar-refractivity contribution >= 4 is 5.91 Å². The summed E-state index contributed by atoms with van der Waals surface area (Å²) < 4.78 is 101. The van der Waals surface area contributed by atoms with E-state index in [-0.39, 0.29) is 24.0 Å². The molecule has 0 radical (unpaired) electrons. The molecule has 4 rings (SSSR count). The Bertz CT molecular complexity index is 1460. The lowest BCUT2D eigenvalue weighted by molar-refractivity contribution is -0.138. The van der Waals surface area contributed by atoms with Crippen LogP contribution in [-0.2, 0) is 35.0 Å². The van der Waals surface area contributed by atoms with Crippen molar-refractivity contribution in [3.05, 3.63) is 86.6 Å². The minimum absolute atomic E-state index is 0.0119. The molecule has 0 saturated heterocycles. The van der Waals surface area contributed by atoms with Gasteiger partial charge in [-0.2, -0.15) is 26.3 Å². The molecular weight excluding hydrogens is 559 g/mol. The van der Waals surface area contributed by atoms with Crippen molar-refractivity contribution in [2.24, 2.45) is 5.92 Å². The molecule has 13 heteroatoms. The number of amides is 1. The van der Waals surface area contributed by atoms with E-state index in [0.29, 0.717) is 37.3 Å². The fourth-order valence-corrected chi connectivity index (χ4v) is 4.79. The van der Waals surface area contributed by atoms with Crippen LogP contribution in [0.1, 0.15) is 53.6 Å². The third-order valence-corrected chi connectivity index (χ3v) is 6.87. The Kier molecular flexibility index (Phi) is 8.86. The number of aromatic nitrogens is 2. The van der Waals surface area contributed by atoms with Crippen LogP contribution in [0.3, 0.4) is 0 Å². The molecule has 6 nitrogen and oxygen atoms in total. The quantitative estimate of drug-likeness (QED) is 0.318. The summed E-state index contributed by atoms with van der Waals surface area (Å²) in [6.07, 6.45) is -7.87. The number of halogens is 7. The largest absolute Gasteiger partial charge is 0.417 e. The number of hydrogen-bond acceptors (Lipinski definition) is 4. The van der Waals surface area contributed by atoms with Gasteiger partial charge in [0.15, 0.2) is 0 Å². The zero-order valence-corrected chi connectivity index (χ0v) is 21.8. The Morgan fingerprint density at radius 3 is 2.37 bits per heavy atom. The molecule has 1 aliphatic carbocycles. The Morgan fingerprint density at radius 2 is 1.73 bits per heavy atom. The van der Waals surface area contributed by atoms with Crippen molar-refractivity contribution in [3.8, 4) is 11.4 Å². The number of benzene rings is 2. The van der Waals surface area contributed by atoms with E-state index >= 15 is 4.39 Å². The van der Waals surface area contributed by atoms with Crippen LogP contribution >= 0.6 is 0 Å². The SMILES string of the molecule is Cc1cc(=O)[nH]c(-c2c(C(F)(F)F)ccc(CNC(=O)C3CCC(OCc4cccc(C(F)(F)F)c4)CC3)c2F)n1. The zero-order chi connectivity index (χ0) is 29.9. The topological polar surface area (TPSA) is 84.1 Å². The van der Waals surface area contributed by atoms with Gasteiger partial charge in [-0.05, 0) is 56.4 Å². The van der Waals surface area contributed by atoms with Crippen LogP contribution in [0.25, 0.3) is 11.4 Å². The summed E-state index contributed by atoms with van der Waals surface area (Å²) in [5, 5.41) is 2.56. The van der Waals surface area contributed by atoms with Gasteiger partial charge < -0.3 is 15.0 Å². The molecule has 1 aromatic heterocycles. The van der Waals surface area contributed by atoms with E-state index in [1.165, 1.54) is 19.1 Å². The smallest absolute Gasteiger partial charge is 0.374 e. The molecule has 1 saturated carbocycles. The number of aromatic amines is 1. The molecule has 0 bridgehead atoms. The first-order chi connectivity index (χ1) is 19.2. The summed E-state index contributed by atoms with van der Waals surface area (Å²) in [5.41, 5.74) is -3.48. The highest BCUT2D eigenvalue weighted by Crippen LogP contribution is 2.38. The first-order valence-electron chi connectivity index (χ1n) is 12.7. The van der Waals surface area contributed by atoms with Crippen molar-refractivity contribution in [2.45, 2.75) is 64.2 Å². The standard InChI is InChI=1S/C28H26F7N3O3/c1-15-11-22(39)38-25(37-15)23-21(28(33,34)35)10-7-18(24(23)29)13-36-26(40)17-5-8-20(9-6-17)41-14-16-3-2-4-19(12-16)27(30,31)32/h2-4,7,10-12,17,20H,5-6,8-9,13-14H2,1H3,(H,36,40)(H,37,38,39). The van der Waals surface area contributed by atoms with Crippen LogP contribution in [0.4, 0.5) is 30.7 Å². The summed E-state index contributed by atoms with van der Waals surface area (Å²) in [7, 11) is 0. The minimum atomic E-state index is -4.93. The Balaban J connectivity index is 1.37. The molecule has 1 fully saturated rings. The predicted molar refractivity (Wildman–Crippen MR) is 134 cm³/mol. The maximum Gasteiger partial charge on any atom is 0.417 e. The number of carbonyl (C=O) groups excluding carboxylic acids is 1. The molecule has 41 heavy (non-hydrogen) atoms. The van der Waals surface area contributed by atoms with Gasteiger partial charge in [-0.1, -0.05) is 18.2 Å². The number of aryl methyl sites for hydroxylation is 1. The van der Waals surface area contributed by atoms with Crippen molar-refractivity contribution in [3.63, 3.8) is 0 Å². The van der Waals surface area contributed by atoms with Gasteiger partial charge in [-0.25, -0.2) is 9.37 Å². The Hall–Kier alpha value is -3.74. The van der Waals surface area contributed by atoms with Gasteiger partial charge in [0.1, 0.15) is 11.6 Å². The van der Waals surface area contributed by atoms with E-state index in [0.717, 1.165) is 24.3 Å². The lowest BCUT2D eigenvalue weighted by Crippen LogP contribution is -2.34. The number of ether oxygens (including phenoxy) is 1. The molecule has 3 aromatic rings. The van der Waals surface area contributed by atoms with Gasteiger partial charge in [0, 0.05) is 29.8 Å². The van der Waals surface area contributed by atoms with E-state index in [9.17, 15) is 35.9 Å². The predicted octanol–water partition coefficient (Wildman–Crippen LogP) is 6.31. The molecule has 1 aliphatic rings. The number of nitrogens with zero attached hydrogens (tertiary/aromatic N) is 1. The first kappa shape index (κ1) is 30.2. The lowest BCUT2D eigenvalue weighted by Gasteiger charge is -2.28. The number of rotatable bonds is 7. The van der Waals surface area contributed by atoms with Crippen LogP contribution in [0, 0.1) is 18.7 Å². The number of alkyl halides is 6. The van der Waals surface area contributed by atoms with E-state index < -0.39 is 64.6 Å². The van der Waals surface area contributed by atoms with Gasteiger partial charge in [-0.15, -0.1) is 0 Å². The van der Waals surface area contributed by atoms with Gasteiger partial charge in [0.2, 0.25) is 5.91 Å². The molecule has 1 heterocycles. The molecule has 220 valence electrons.